The van der Waals surface area contributed by atoms with E-state index < -0.39 is 0 Å². The van der Waals surface area contributed by atoms with E-state index in [2.05, 4.69) is 12.2 Å². The number of aliphatic hydroxyl groups is 1. The van der Waals surface area contributed by atoms with Crippen LogP contribution in [0.15, 0.2) is 0 Å². The van der Waals surface area contributed by atoms with Crippen molar-refractivity contribution in [2.75, 3.05) is 6.61 Å². The Balaban J connectivity index is 1.67. The first-order chi connectivity index (χ1) is 6.79. The minimum absolute atomic E-state index is 0.394. The highest BCUT2D eigenvalue weighted by molar-refractivity contribution is 4.87. The maximum atomic E-state index is 9.04. The summed E-state index contributed by atoms with van der Waals surface area (Å²) in [4.78, 5) is 0. The molecule has 1 unspecified atom stereocenters. The molecular weight excluding hydrogens is 174 g/mol. The normalized spacial score (nSPS) is 35.6. The fourth-order valence-corrected chi connectivity index (χ4v) is 2.62. The molecule has 0 aromatic carbocycles. The molecule has 0 radical (unpaired) electrons. The second kappa shape index (κ2) is 4.63. The summed E-state index contributed by atoms with van der Waals surface area (Å²) in [5, 5.41) is 12.8. The molecule has 2 nitrogen and oxygen atoms in total. The first kappa shape index (κ1) is 10.4. The zero-order valence-electron chi connectivity index (χ0n) is 9.21. The molecule has 0 saturated heterocycles. The van der Waals surface area contributed by atoms with Gasteiger partial charge in [-0.25, -0.2) is 0 Å². The molecule has 0 heterocycles. The lowest BCUT2D eigenvalue weighted by Crippen LogP contribution is -2.40. The smallest absolute Gasteiger partial charge is 0.0459 e. The lowest BCUT2D eigenvalue weighted by molar-refractivity contribution is 0.171. The van der Waals surface area contributed by atoms with Gasteiger partial charge in [-0.15, -0.1) is 0 Å². The SMILES string of the molecule is CC(NC1CCC(CO)CC1)C1CC1. The Morgan fingerprint density at radius 2 is 1.79 bits per heavy atom. The van der Waals surface area contributed by atoms with E-state index in [1.807, 2.05) is 0 Å². The summed E-state index contributed by atoms with van der Waals surface area (Å²) in [5.41, 5.74) is 0. The van der Waals surface area contributed by atoms with Crippen LogP contribution < -0.4 is 5.32 Å². The van der Waals surface area contributed by atoms with Crippen LogP contribution in [0.3, 0.4) is 0 Å². The Hall–Kier alpha value is -0.0800. The molecule has 2 N–H and O–H groups in total. The van der Waals surface area contributed by atoms with E-state index in [-0.39, 0.29) is 0 Å². The summed E-state index contributed by atoms with van der Waals surface area (Å²) in [6.45, 7) is 2.72. The zero-order chi connectivity index (χ0) is 9.97. The Bertz CT molecular complexity index is 171. The minimum atomic E-state index is 0.394. The Morgan fingerprint density at radius 1 is 1.14 bits per heavy atom. The summed E-state index contributed by atoms with van der Waals surface area (Å²) in [5.74, 6) is 1.55. The van der Waals surface area contributed by atoms with Crippen LogP contribution in [0.1, 0.15) is 45.4 Å². The molecule has 0 aromatic rings. The molecule has 1 atom stereocenters. The average Bonchev–Trinajstić information content (AvgIpc) is 3.02. The second-order valence-electron chi connectivity index (χ2n) is 5.19. The maximum absolute atomic E-state index is 9.04. The quantitative estimate of drug-likeness (QED) is 0.721. The maximum Gasteiger partial charge on any atom is 0.0459 e. The van der Waals surface area contributed by atoms with E-state index >= 15 is 0 Å². The fraction of sp³-hybridized carbons (Fsp3) is 1.00. The highest BCUT2D eigenvalue weighted by Gasteiger charge is 2.30. The van der Waals surface area contributed by atoms with E-state index in [0.717, 1.165) is 18.0 Å². The third-order valence-corrected chi connectivity index (χ3v) is 3.93. The summed E-state index contributed by atoms with van der Waals surface area (Å²) < 4.78 is 0. The van der Waals surface area contributed by atoms with Crippen molar-refractivity contribution in [3.63, 3.8) is 0 Å². The molecule has 0 amide bonds. The summed E-state index contributed by atoms with van der Waals surface area (Å²) in [6, 6.07) is 1.46. The standard InChI is InChI=1S/C12H23NO/c1-9(11-4-5-11)13-12-6-2-10(8-14)3-7-12/h9-14H,2-8H2,1H3. The van der Waals surface area contributed by atoms with Crippen LogP contribution in [0, 0.1) is 11.8 Å². The average molecular weight is 197 g/mol. The number of aliphatic hydroxyl groups excluding tert-OH is 1. The Morgan fingerprint density at radius 3 is 2.29 bits per heavy atom. The van der Waals surface area contributed by atoms with Gasteiger partial charge in [0.15, 0.2) is 0 Å². The second-order valence-corrected chi connectivity index (χ2v) is 5.19. The third-order valence-electron chi connectivity index (χ3n) is 3.93. The van der Waals surface area contributed by atoms with Crippen molar-refractivity contribution < 1.29 is 5.11 Å². The van der Waals surface area contributed by atoms with Crippen molar-refractivity contribution in [2.45, 2.75) is 57.5 Å². The molecule has 0 aliphatic heterocycles. The van der Waals surface area contributed by atoms with Crippen molar-refractivity contribution in [1.29, 1.82) is 0 Å². The Labute approximate surface area is 87.1 Å². The summed E-state index contributed by atoms with van der Waals surface area (Å²) in [6.07, 6.45) is 7.82. The van der Waals surface area contributed by atoms with Gasteiger partial charge in [0.05, 0.1) is 0 Å². The molecule has 2 aliphatic carbocycles. The van der Waals surface area contributed by atoms with Crippen LogP contribution in [-0.2, 0) is 0 Å². The van der Waals surface area contributed by atoms with E-state index in [1.54, 1.807) is 0 Å². The molecule has 2 rings (SSSR count). The fourth-order valence-electron chi connectivity index (χ4n) is 2.62. The van der Waals surface area contributed by atoms with E-state index in [1.165, 1.54) is 38.5 Å². The lowest BCUT2D eigenvalue weighted by atomic mass is 9.86. The molecule has 0 spiro atoms. The van der Waals surface area contributed by atoms with Crippen molar-refractivity contribution in [3.05, 3.63) is 0 Å². The van der Waals surface area contributed by atoms with Crippen molar-refractivity contribution in [2.24, 2.45) is 11.8 Å². The van der Waals surface area contributed by atoms with Crippen LogP contribution >= 0.6 is 0 Å². The highest BCUT2D eigenvalue weighted by atomic mass is 16.3. The molecule has 2 heteroatoms. The summed E-state index contributed by atoms with van der Waals surface area (Å²) >= 11 is 0. The van der Waals surface area contributed by atoms with E-state index in [4.69, 9.17) is 5.11 Å². The number of hydrogen-bond acceptors (Lipinski definition) is 2. The van der Waals surface area contributed by atoms with Gasteiger partial charge >= 0.3 is 0 Å². The predicted molar refractivity (Wildman–Crippen MR) is 58.2 cm³/mol. The molecular formula is C12H23NO. The van der Waals surface area contributed by atoms with E-state index in [9.17, 15) is 0 Å². The molecule has 82 valence electrons. The van der Waals surface area contributed by atoms with Crippen LogP contribution in [0.2, 0.25) is 0 Å². The van der Waals surface area contributed by atoms with Gasteiger partial charge in [0.25, 0.3) is 0 Å². The molecule has 14 heavy (non-hydrogen) atoms. The molecule has 2 fully saturated rings. The largest absolute Gasteiger partial charge is 0.396 e. The molecule has 0 aromatic heterocycles. The first-order valence-electron chi connectivity index (χ1n) is 6.16. The number of nitrogens with one attached hydrogen (secondary N) is 1. The number of hydrogen-bond donors (Lipinski definition) is 2. The predicted octanol–water partition coefficient (Wildman–Crippen LogP) is 1.93. The third kappa shape index (κ3) is 2.71. The van der Waals surface area contributed by atoms with E-state index in [0.29, 0.717) is 12.5 Å². The van der Waals surface area contributed by atoms with Gasteiger partial charge in [-0.1, -0.05) is 0 Å². The van der Waals surface area contributed by atoms with Gasteiger partial charge in [-0.05, 0) is 57.3 Å². The first-order valence-corrected chi connectivity index (χ1v) is 6.16. The molecule has 2 saturated carbocycles. The summed E-state index contributed by atoms with van der Waals surface area (Å²) in [7, 11) is 0. The van der Waals surface area contributed by atoms with Crippen molar-refractivity contribution in [3.8, 4) is 0 Å². The zero-order valence-corrected chi connectivity index (χ0v) is 9.21. The molecule has 2 aliphatic rings. The lowest BCUT2D eigenvalue weighted by Gasteiger charge is -2.30. The van der Waals surface area contributed by atoms with Gasteiger partial charge in [0.1, 0.15) is 0 Å². The van der Waals surface area contributed by atoms with Gasteiger partial charge < -0.3 is 10.4 Å². The highest BCUT2D eigenvalue weighted by Crippen LogP contribution is 2.33. The van der Waals surface area contributed by atoms with Crippen LogP contribution in [-0.4, -0.2) is 23.8 Å². The minimum Gasteiger partial charge on any atom is -0.396 e. The van der Waals surface area contributed by atoms with Crippen molar-refractivity contribution >= 4 is 0 Å². The topological polar surface area (TPSA) is 32.3 Å². The number of rotatable bonds is 4. The van der Waals surface area contributed by atoms with Gasteiger partial charge in [0, 0.05) is 18.7 Å². The van der Waals surface area contributed by atoms with Crippen LogP contribution in [0.25, 0.3) is 0 Å². The molecule has 0 bridgehead atoms. The Kier molecular flexibility index (Phi) is 3.45. The van der Waals surface area contributed by atoms with Crippen molar-refractivity contribution in [1.82, 2.24) is 5.32 Å². The van der Waals surface area contributed by atoms with Crippen LogP contribution in [0.5, 0.6) is 0 Å². The van der Waals surface area contributed by atoms with Gasteiger partial charge in [-0.3, -0.25) is 0 Å². The van der Waals surface area contributed by atoms with Crippen LogP contribution in [0.4, 0.5) is 0 Å². The monoisotopic (exact) mass is 197 g/mol. The van der Waals surface area contributed by atoms with Gasteiger partial charge in [-0.2, -0.15) is 0 Å². The van der Waals surface area contributed by atoms with Gasteiger partial charge in [0.2, 0.25) is 0 Å².